The Morgan fingerprint density at radius 1 is 1.14 bits per heavy atom. The number of benzene rings is 1. The number of amides is 2. The summed E-state index contributed by atoms with van der Waals surface area (Å²) in [6.07, 6.45) is 3.89. The molecule has 1 aliphatic rings. The van der Waals surface area contributed by atoms with Crippen LogP contribution in [0.3, 0.4) is 0 Å². The van der Waals surface area contributed by atoms with Crippen molar-refractivity contribution < 1.29 is 28.6 Å². The summed E-state index contributed by atoms with van der Waals surface area (Å²) >= 11 is 0. The fourth-order valence-electron chi connectivity index (χ4n) is 3.71. The third-order valence-corrected chi connectivity index (χ3v) is 5.67. The van der Waals surface area contributed by atoms with Crippen molar-refractivity contribution in [2.75, 3.05) is 18.4 Å². The van der Waals surface area contributed by atoms with Gasteiger partial charge in [-0.15, -0.1) is 0 Å². The van der Waals surface area contributed by atoms with Crippen LogP contribution in [0.4, 0.5) is 15.0 Å². The number of carbonyl (C=O) groups is 3. The number of ether oxygens (including phenoxy) is 1. The van der Waals surface area contributed by atoms with Crippen molar-refractivity contribution in [3.8, 4) is 0 Å². The van der Waals surface area contributed by atoms with Crippen LogP contribution in [0, 0.1) is 5.82 Å². The molecule has 10 heteroatoms. The lowest BCUT2D eigenvalue weighted by Gasteiger charge is -2.17. The van der Waals surface area contributed by atoms with E-state index in [0.29, 0.717) is 18.4 Å². The van der Waals surface area contributed by atoms with E-state index >= 15 is 0 Å². The summed E-state index contributed by atoms with van der Waals surface area (Å²) in [7, 11) is 0. The first-order valence-corrected chi connectivity index (χ1v) is 11.8. The number of anilines is 1. The maximum atomic E-state index is 12.9. The van der Waals surface area contributed by atoms with E-state index in [1.54, 1.807) is 0 Å². The van der Waals surface area contributed by atoms with Crippen LogP contribution in [0.15, 0.2) is 36.4 Å². The molecule has 1 aromatic carbocycles. The Labute approximate surface area is 203 Å². The Bertz CT molecular complexity index is 1020. The second-order valence-electron chi connectivity index (χ2n) is 8.42. The SMILES string of the molecule is O=C(CCCCc1ccc2c(n1)NCCC2)NCCC(NC(=O)OCc1ccc(F)cc1)C(=O)O. The largest absolute Gasteiger partial charge is 0.480 e. The van der Waals surface area contributed by atoms with Gasteiger partial charge in [0.1, 0.15) is 24.3 Å². The van der Waals surface area contributed by atoms with Crippen LogP contribution in [0.25, 0.3) is 0 Å². The van der Waals surface area contributed by atoms with Gasteiger partial charge in [0.05, 0.1) is 0 Å². The summed E-state index contributed by atoms with van der Waals surface area (Å²) in [5.41, 5.74) is 2.81. The highest BCUT2D eigenvalue weighted by Crippen LogP contribution is 2.20. The fourth-order valence-corrected chi connectivity index (χ4v) is 3.71. The maximum Gasteiger partial charge on any atom is 0.408 e. The number of unbranched alkanes of at least 4 members (excludes halogenated alkanes) is 1. The molecule has 1 unspecified atom stereocenters. The van der Waals surface area contributed by atoms with Gasteiger partial charge in [0, 0.05) is 25.2 Å². The van der Waals surface area contributed by atoms with Crippen LogP contribution >= 0.6 is 0 Å². The number of hydrogen-bond donors (Lipinski definition) is 4. The number of hydrogen-bond acceptors (Lipinski definition) is 6. The number of carboxylic acids is 1. The molecule has 2 aromatic rings. The van der Waals surface area contributed by atoms with Crippen LogP contribution in [-0.4, -0.2) is 47.2 Å². The van der Waals surface area contributed by atoms with Crippen LogP contribution in [0.5, 0.6) is 0 Å². The summed E-state index contributed by atoms with van der Waals surface area (Å²) in [5, 5.41) is 17.6. The predicted octanol–water partition coefficient (Wildman–Crippen LogP) is 3.18. The minimum atomic E-state index is -1.23. The third-order valence-electron chi connectivity index (χ3n) is 5.67. The van der Waals surface area contributed by atoms with Gasteiger partial charge < -0.3 is 25.8 Å². The summed E-state index contributed by atoms with van der Waals surface area (Å²) in [5.74, 6) is -0.847. The molecule has 3 rings (SSSR count). The molecule has 9 nitrogen and oxygen atoms in total. The number of carbonyl (C=O) groups excluding carboxylic acids is 2. The van der Waals surface area contributed by atoms with Gasteiger partial charge in [0.15, 0.2) is 0 Å². The quantitative estimate of drug-likeness (QED) is 0.339. The van der Waals surface area contributed by atoms with E-state index in [1.807, 2.05) is 6.07 Å². The van der Waals surface area contributed by atoms with Gasteiger partial charge >= 0.3 is 12.1 Å². The zero-order chi connectivity index (χ0) is 25.0. The number of aryl methyl sites for hydroxylation is 2. The molecule has 188 valence electrons. The molecule has 1 aromatic heterocycles. The van der Waals surface area contributed by atoms with E-state index in [1.165, 1.54) is 29.8 Å². The average Bonchev–Trinajstić information content (AvgIpc) is 2.85. The highest BCUT2D eigenvalue weighted by molar-refractivity contribution is 5.80. The van der Waals surface area contributed by atoms with Gasteiger partial charge in [-0.1, -0.05) is 18.2 Å². The highest BCUT2D eigenvalue weighted by atomic mass is 19.1. The van der Waals surface area contributed by atoms with Crippen molar-refractivity contribution in [1.82, 2.24) is 15.6 Å². The molecule has 0 saturated carbocycles. The molecule has 0 saturated heterocycles. The average molecular weight is 487 g/mol. The second-order valence-corrected chi connectivity index (χ2v) is 8.42. The first-order valence-electron chi connectivity index (χ1n) is 11.8. The molecule has 2 heterocycles. The molecule has 1 aliphatic heterocycles. The van der Waals surface area contributed by atoms with Gasteiger partial charge in [0.2, 0.25) is 5.91 Å². The van der Waals surface area contributed by atoms with Gasteiger partial charge in [-0.25, -0.2) is 19.0 Å². The standard InChI is InChI=1S/C25H31FN4O5/c26-19-10-7-17(8-11-19)16-35-25(34)30-21(24(32)33)13-15-27-22(31)6-2-1-5-20-12-9-18-4-3-14-28-23(18)29-20/h7-12,21H,1-6,13-16H2,(H,27,31)(H,28,29)(H,30,34)(H,32,33). The lowest BCUT2D eigenvalue weighted by atomic mass is 10.1. The molecule has 2 amide bonds. The lowest BCUT2D eigenvalue weighted by Crippen LogP contribution is -2.43. The van der Waals surface area contributed by atoms with E-state index in [2.05, 4.69) is 27.0 Å². The van der Waals surface area contributed by atoms with E-state index in [0.717, 1.165) is 43.7 Å². The molecule has 0 aliphatic carbocycles. The molecular formula is C25H31FN4O5. The molecule has 0 spiro atoms. The van der Waals surface area contributed by atoms with E-state index in [4.69, 9.17) is 4.74 Å². The monoisotopic (exact) mass is 486 g/mol. The fraction of sp³-hybridized carbons (Fsp3) is 0.440. The molecule has 1 atom stereocenters. The van der Waals surface area contributed by atoms with Crippen LogP contribution < -0.4 is 16.0 Å². The second kappa shape index (κ2) is 13.3. The zero-order valence-electron chi connectivity index (χ0n) is 19.5. The van der Waals surface area contributed by atoms with Crippen molar-refractivity contribution in [2.24, 2.45) is 0 Å². The molecule has 35 heavy (non-hydrogen) atoms. The van der Waals surface area contributed by atoms with Gasteiger partial charge in [-0.2, -0.15) is 0 Å². The van der Waals surface area contributed by atoms with Crippen molar-refractivity contribution in [3.63, 3.8) is 0 Å². The lowest BCUT2D eigenvalue weighted by molar-refractivity contribution is -0.139. The molecule has 0 fully saturated rings. The normalized spacial score (nSPS) is 13.2. The van der Waals surface area contributed by atoms with Gasteiger partial charge in [-0.3, -0.25) is 4.79 Å². The van der Waals surface area contributed by atoms with Crippen molar-refractivity contribution in [2.45, 2.75) is 57.6 Å². The van der Waals surface area contributed by atoms with Crippen LogP contribution in [-0.2, 0) is 33.8 Å². The Morgan fingerprint density at radius 3 is 2.71 bits per heavy atom. The number of nitrogens with one attached hydrogen (secondary N) is 3. The van der Waals surface area contributed by atoms with Crippen molar-refractivity contribution in [1.29, 1.82) is 0 Å². The number of aromatic nitrogens is 1. The van der Waals surface area contributed by atoms with Gasteiger partial charge in [-0.05, 0) is 67.9 Å². The maximum absolute atomic E-state index is 12.9. The predicted molar refractivity (Wildman–Crippen MR) is 127 cm³/mol. The van der Waals surface area contributed by atoms with Crippen LogP contribution in [0.2, 0.25) is 0 Å². The highest BCUT2D eigenvalue weighted by Gasteiger charge is 2.20. The summed E-state index contributed by atoms with van der Waals surface area (Å²) in [6.45, 7) is 0.928. The Morgan fingerprint density at radius 2 is 1.94 bits per heavy atom. The molecule has 4 N–H and O–H groups in total. The Balaban J connectivity index is 1.29. The topological polar surface area (TPSA) is 130 Å². The van der Waals surface area contributed by atoms with E-state index in [-0.39, 0.29) is 25.5 Å². The number of aliphatic carboxylic acids is 1. The smallest absolute Gasteiger partial charge is 0.408 e. The number of halogens is 1. The molecule has 0 bridgehead atoms. The van der Waals surface area contributed by atoms with E-state index in [9.17, 15) is 23.9 Å². The first kappa shape index (κ1) is 25.9. The zero-order valence-corrected chi connectivity index (χ0v) is 19.5. The number of fused-ring (bicyclic) bond motifs is 1. The number of alkyl carbamates (subject to hydrolysis) is 1. The minimum absolute atomic E-state index is 0.0127. The number of carboxylic acid groups (broad SMARTS) is 1. The summed E-state index contributed by atoms with van der Waals surface area (Å²) < 4.78 is 17.9. The third kappa shape index (κ3) is 8.88. The van der Waals surface area contributed by atoms with Crippen molar-refractivity contribution >= 4 is 23.8 Å². The van der Waals surface area contributed by atoms with Gasteiger partial charge in [0.25, 0.3) is 0 Å². The number of nitrogens with zero attached hydrogens (tertiary/aromatic N) is 1. The number of pyridine rings is 1. The Kier molecular flexibility index (Phi) is 9.82. The number of rotatable bonds is 12. The molecular weight excluding hydrogens is 455 g/mol. The Hall–Kier alpha value is -3.69. The molecule has 0 radical (unpaired) electrons. The minimum Gasteiger partial charge on any atom is -0.480 e. The van der Waals surface area contributed by atoms with Crippen LogP contribution in [0.1, 0.15) is 48.9 Å². The summed E-state index contributed by atoms with van der Waals surface area (Å²) in [6, 6.07) is 8.35. The van der Waals surface area contributed by atoms with Crippen molar-refractivity contribution in [3.05, 3.63) is 59.0 Å². The summed E-state index contributed by atoms with van der Waals surface area (Å²) in [4.78, 5) is 40.0. The van der Waals surface area contributed by atoms with E-state index < -0.39 is 23.9 Å². The first-order chi connectivity index (χ1) is 16.9.